The van der Waals surface area contributed by atoms with Crippen LogP contribution in [0.25, 0.3) is 0 Å². The Bertz CT molecular complexity index is 339. The third kappa shape index (κ3) is 1.52. The van der Waals surface area contributed by atoms with Gasteiger partial charge in [0, 0.05) is 0 Å². The predicted molar refractivity (Wildman–Crippen MR) is 44.9 cm³/mol. The van der Waals surface area contributed by atoms with E-state index in [1.54, 1.807) is 6.20 Å². The van der Waals surface area contributed by atoms with Gasteiger partial charge in [0.1, 0.15) is 0 Å². The average molecular weight is 233 g/mol. The zero-order chi connectivity index (χ0) is 9.14. The first-order chi connectivity index (χ1) is 5.70. The Morgan fingerprint density at radius 3 is 2.75 bits per heavy atom. The van der Waals surface area contributed by atoms with Crippen LogP contribution >= 0.6 is 0 Å². The van der Waals surface area contributed by atoms with E-state index in [0.717, 1.165) is 10.9 Å². The van der Waals surface area contributed by atoms with Crippen LogP contribution in [0, 0.1) is 4.32 Å². The van der Waals surface area contributed by atoms with Crippen molar-refractivity contribution in [2.24, 2.45) is 0 Å². The molecule has 0 N–H and O–H groups in total. The van der Waals surface area contributed by atoms with Crippen molar-refractivity contribution in [1.29, 1.82) is 0 Å². The molecule has 0 aliphatic carbocycles. The van der Waals surface area contributed by atoms with Crippen molar-refractivity contribution in [3.05, 3.63) is 16.7 Å². The van der Waals surface area contributed by atoms with Gasteiger partial charge in [-0.25, -0.2) is 0 Å². The van der Waals surface area contributed by atoms with Crippen LogP contribution in [-0.2, 0) is 11.3 Å². The van der Waals surface area contributed by atoms with Gasteiger partial charge in [-0.3, -0.25) is 0 Å². The topological polar surface area (TPSA) is 36.2 Å². The zero-order valence-electron chi connectivity index (χ0n) is 6.98. The fourth-order valence-corrected chi connectivity index (χ4v) is 1.57. The molecule has 1 aromatic heterocycles. The van der Waals surface area contributed by atoms with E-state index in [-0.39, 0.29) is 6.09 Å². The van der Waals surface area contributed by atoms with Crippen LogP contribution in [0.2, 0.25) is 0 Å². The summed E-state index contributed by atoms with van der Waals surface area (Å²) in [6.07, 6.45) is 3.11. The molecule has 12 heavy (non-hydrogen) atoms. The quantitative estimate of drug-likeness (QED) is 0.667. The fraction of sp³-hybridized carbons (Fsp3) is 0.429. The van der Waals surface area contributed by atoms with Gasteiger partial charge in [0.05, 0.1) is 0 Å². The van der Waals surface area contributed by atoms with Gasteiger partial charge in [-0.15, -0.1) is 0 Å². The second kappa shape index (κ2) is 3.74. The monoisotopic (exact) mass is 234 g/mol. The van der Waals surface area contributed by atoms with Crippen molar-refractivity contribution in [3.8, 4) is 0 Å². The Labute approximate surface area is 78.1 Å². The third-order valence-corrected chi connectivity index (χ3v) is 2.46. The maximum atomic E-state index is 11.1. The summed E-state index contributed by atoms with van der Waals surface area (Å²) in [5, 5.41) is 0. The average Bonchev–Trinajstić information content (AvgIpc) is 2.45. The molecule has 1 heterocycles. The molecule has 0 amide bonds. The van der Waals surface area contributed by atoms with E-state index in [1.807, 2.05) is 17.7 Å². The molecule has 0 saturated carbocycles. The van der Waals surface area contributed by atoms with E-state index < -0.39 is 0 Å². The van der Waals surface area contributed by atoms with Crippen molar-refractivity contribution in [2.75, 3.05) is 7.11 Å². The Morgan fingerprint density at radius 1 is 1.67 bits per heavy atom. The molecule has 0 aliphatic rings. The summed E-state index contributed by atoms with van der Waals surface area (Å²) >= 11 is 2.81. The second-order valence-electron chi connectivity index (χ2n) is 2.21. The van der Waals surface area contributed by atoms with E-state index in [1.165, 1.54) is 11.7 Å². The standard InChI is InChI=1S/C7H10N2O2Se/c1-3-8-4-5-9(6(8)12)7(10)11-2/h4-5H,3H2,1-2H3. The van der Waals surface area contributed by atoms with Crippen molar-refractivity contribution in [1.82, 2.24) is 9.13 Å². The summed E-state index contributed by atoms with van der Waals surface area (Å²) in [7, 11) is 1.36. The van der Waals surface area contributed by atoms with Gasteiger partial charge in [0.15, 0.2) is 0 Å². The first kappa shape index (κ1) is 9.29. The minimum atomic E-state index is -0.379. The van der Waals surface area contributed by atoms with E-state index >= 15 is 0 Å². The Morgan fingerprint density at radius 2 is 2.33 bits per heavy atom. The summed E-state index contributed by atoms with van der Waals surface area (Å²) in [5.74, 6) is 0. The summed E-state index contributed by atoms with van der Waals surface area (Å²) in [6.45, 7) is 2.83. The number of carbonyl (C=O) groups is 1. The van der Waals surface area contributed by atoms with Gasteiger partial charge in [-0.2, -0.15) is 0 Å². The van der Waals surface area contributed by atoms with Crippen molar-refractivity contribution in [3.63, 3.8) is 0 Å². The van der Waals surface area contributed by atoms with Crippen LogP contribution in [0.15, 0.2) is 12.4 Å². The number of nitrogens with zero attached hydrogens (tertiary/aromatic N) is 2. The summed E-state index contributed by atoms with van der Waals surface area (Å²) in [4.78, 5) is 11.1. The third-order valence-electron chi connectivity index (χ3n) is 1.56. The van der Waals surface area contributed by atoms with Crippen LogP contribution in [-0.4, -0.2) is 37.9 Å². The van der Waals surface area contributed by atoms with Crippen molar-refractivity contribution >= 4 is 21.7 Å². The molecule has 0 radical (unpaired) electrons. The molecule has 0 spiro atoms. The molecule has 0 bridgehead atoms. The predicted octanol–water partition coefficient (Wildman–Crippen LogP) is 0.624. The van der Waals surface area contributed by atoms with Gasteiger partial charge >= 0.3 is 77.6 Å². The molecule has 0 aromatic carbocycles. The fourth-order valence-electron chi connectivity index (χ4n) is 0.891. The summed E-state index contributed by atoms with van der Waals surface area (Å²) < 4.78 is 8.65. The molecule has 1 aromatic rings. The molecular weight excluding hydrogens is 223 g/mol. The number of methoxy groups -OCH3 is 1. The van der Waals surface area contributed by atoms with Crippen LogP contribution in [0.3, 0.4) is 0 Å². The SMILES string of the molecule is CCn1ccn(C(=O)OC)c1=[Se]. The van der Waals surface area contributed by atoms with Crippen LogP contribution in [0.5, 0.6) is 0 Å². The Hall–Kier alpha value is -0.801. The van der Waals surface area contributed by atoms with Crippen molar-refractivity contribution < 1.29 is 9.53 Å². The first-order valence-corrected chi connectivity index (χ1v) is 4.42. The second-order valence-corrected chi connectivity index (χ2v) is 2.97. The summed E-state index contributed by atoms with van der Waals surface area (Å²) in [5.41, 5.74) is 0. The molecule has 1 rings (SSSR count). The number of aromatic nitrogens is 2. The van der Waals surface area contributed by atoms with Gasteiger partial charge in [-0.05, 0) is 0 Å². The van der Waals surface area contributed by atoms with Crippen LogP contribution in [0.4, 0.5) is 4.79 Å². The summed E-state index contributed by atoms with van der Waals surface area (Å²) in [6, 6.07) is 0. The molecule has 0 fully saturated rings. The first-order valence-electron chi connectivity index (χ1n) is 3.56. The number of hydrogen-bond acceptors (Lipinski definition) is 2. The van der Waals surface area contributed by atoms with Gasteiger partial charge < -0.3 is 0 Å². The minimum absolute atomic E-state index is 0.379. The Balaban J connectivity index is 3.11. The van der Waals surface area contributed by atoms with E-state index in [0.29, 0.717) is 0 Å². The molecule has 66 valence electrons. The molecule has 0 atom stereocenters. The number of aryl methyl sites for hydroxylation is 1. The molecule has 4 nitrogen and oxygen atoms in total. The van der Waals surface area contributed by atoms with Gasteiger partial charge in [0.25, 0.3) is 0 Å². The molecule has 0 unspecified atom stereocenters. The molecular formula is C7H10N2O2Se. The number of ether oxygens (including phenoxy) is 1. The number of carbonyl (C=O) groups excluding carboxylic acids is 1. The van der Waals surface area contributed by atoms with E-state index in [9.17, 15) is 4.79 Å². The van der Waals surface area contributed by atoms with Gasteiger partial charge in [-0.1, -0.05) is 0 Å². The van der Waals surface area contributed by atoms with Gasteiger partial charge in [0.2, 0.25) is 0 Å². The molecule has 5 heteroatoms. The normalized spacial score (nSPS) is 9.83. The number of imidazole rings is 1. The van der Waals surface area contributed by atoms with E-state index in [2.05, 4.69) is 20.3 Å². The van der Waals surface area contributed by atoms with Crippen LogP contribution < -0.4 is 0 Å². The van der Waals surface area contributed by atoms with Crippen LogP contribution in [0.1, 0.15) is 6.92 Å². The molecule has 0 saturated heterocycles. The number of hydrogen-bond donors (Lipinski definition) is 0. The maximum absolute atomic E-state index is 11.1. The van der Waals surface area contributed by atoms with E-state index in [4.69, 9.17) is 0 Å². The Kier molecular flexibility index (Phi) is 2.89. The number of rotatable bonds is 1. The molecule has 0 aliphatic heterocycles. The van der Waals surface area contributed by atoms with Crippen molar-refractivity contribution in [2.45, 2.75) is 13.5 Å². The zero-order valence-corrected chi connectivity index (χ0v) is 8.69.